The predicted octanol–water partition coefficient (Wildman–Crippen LogP) is 5.21. The van der Waals surface area contributed by atoms with Crippen molar-refractivity contribution in [3.63, 3.8) is 0 Å². The van der Waals surface area contributed by atoms with Gasteiger partial charge in [-0.05, 0) is 37.1 Å². The summed E-state index contributed by atoms with van der Waals surface area (Å²) in [4.78, 5) is 0. The number of nitrogens with zero attached hydrogens (tertiary/aromatic N) is 4. The maximum absolute atomic E-state index is 13.4. The van der Waals surface area contributed by atoms with Crippen molar-refractivity contribution in [3.05, 3.63) is 72.2 Å². The van der Waals surface area contributed by atoms with Gasteiger partial charge in [0.2, 0.25) is 0 Å². The van der Waals surface area contributed by atoms with Gasteiger partial charge in [-0.25, -0.2) is 4.39 Å². The summed E-state index contributed by atoms with van der Waals surface area (Å²) >= 11 is 1.55. The van der Waals surface area contributed by atoms with Gasteiger partial charge in [-0.15, -0.1) is 10.2 Å². The number of halogens is 1. The largest absolute Gasteiger partial charge is 0.376 e. The molecule has 0 spiro atoms. The van der Waals surface area contributed by atoms with E-state index in [0.29, 0.717) is 18.1 Å². The molecule has 2 aromatic heterocycles. The van der Waals surface area contributed by atoms with Crippen molar-refractivity contribution in [1.29, 1.82) is 0 Å². The van der Waals surface area contributed by atoms with Crippen molar-refractivity contribution in [2.75, 3.05) is 6.61 Å². The SMILES string of the molecule is Fc1ccc(-c2nnc(SCc3cc(-c4ccccc4)on3)n2C[C@H]2CCCO2)cc1. The monoisotopic (exact) mass is 436 g/mol. The van der Waals surface area contributed by atoms with Crippen molar-refractivity contribution in [3.8, 4) is 22.7 Å². The van der Waals surface area contributed by atoms with E-state index in [9.17, 15) is 4.39 Å². The van der Waals surface area contributed by atoms with Gasteiger partial charge in [-0.2, -0.15) is 0 Å². The Morgan fingerprint density at radius 1 is 1.03 bits per heavy atom. The number of hydrogen-bond donors (Lipinski definition) is 0. The van der Waals surface area contributed by atoms with E-state index in [4.69, 9.17) is 9.26 Å². The van der Waals surface area contributed by atoms with Gasteiger partial charge in [-0.3, -0.25) is 4.57 Å². The van der Waals surface area contributed by atoms with Gasteiger partial charge in [0.05, 0.1) is 18.3 Å². The summed E-state index contributed by atoms with van der Waals surface area (Å²) in [5.41, 5.74) is 2.65. The van der Waals surface area contributed by atoms with E-state index in [1.54, 1.807) is 23.9 Å². The molecule has 0 amide bonds. The zero-order chi connectivity index (χ0) is 21.0. The molecule has 0 radical (unpaired) electrons. The van der Waals surface area contributed by atoms with Crippen molar-refractivity contribution in [2.45, 2.75) is 36.4 Å². The van der Waals surface area contributed by atoms with Crippen LogP contribution in [0.15, 0.2) is 70.3 Å². The van der Waals surface area contributed by atoms with Crippen molar-refractivity contribution in [2.24, 2.45) is 0 Å². The van der Waals surface area contributed by atoms with Crippen molar-refractivity contribution < 1.29 is 13.7 Å². The third kappa shape index (κ3) is 4.55. The van der Waals surface area contributed by atoms with Crippen LogP contribution >= 0.6 is 11.8 Å². The number of aromatic nitrogens is 4. The molecule has 0 N–H and O–H groups in total. The third-order valence-electron chi connectivity index (χ3n) is 5.20. The lowest BCUT2D eigenvalue weighted by atomic mass is 10.2. The average molecular weight is 437 g/mol. The molecule has 5 rings (SSSR count). The Morgan fingerprint density at radius 2 is 1.87 bits per heavy atom. The summed E-state index contributed by atoms with van der Waals surface area (Å²) < 4.78 is 26.8. The summed E-state index contributed by atoms with van der Waals surface area (Å²) in [6, 6.07) is 18.2. The lowest BCUT2D eigenvalue weighted by Crippen LogP contribution is -2.16. The van der Waals surface area contributed by atoms with E-state index in [0.717, 1.165) is 47.2 Å². The maximum Gasteiger partial charge on any atom is 0.191 e. The zero-order valence-electron chi connectivity index (χ0n) is 16.8. The summed E-state index contributed by atoms with van der Waals surface area (Å²) in [5.74, 6) is 1.78. The lowest BCUT2D eigenvalue weighted by molar-refractivity contribution is 0.0953. The zero-order valence-corrected chi connectivity index (χ0v) is 17.6. The van der Waals surface area contributed by atoms with E-state index >= 15 is 0 Å². The molecule has 31 heavy (non-hydrogen) atoms. The molecule has 2 aromatic carbocycles. The average Bonchev–Trinajstić information content (AvgIpc) is 3.56. The van der Waals surface area contributed by atoms with Crippen LogP contribution in [0, 0.1) is 5.82 Å². The standard InChI is InChI=1S/C23H21FN4O2S/c24-18-10-8-17(9-11-18)22-25-26-23(28(22)14-20-7-4-12-29-20)31-15-19-13-21(30-27-19)16-5-2-1-3-6-16/h1-3,5-6,8-11,13,20H,4,7,12,14-15H2/t20-/m1/s1. The highest BCUT2D eigenvalue weighted by atomic mass is 32.2. The molecule has 1 saturated heterocycles. The van der Waals surface area contributed by atoms with Crippen molar-refractivity contribution in [1.82, 2.24) is 19.9 Å². The molecule has 158 valence electrons. The third-order valence-corrected chi connectivity index (χ3v) is 6.20. The molecule has 1 aliphatic rings. The minimum absolute atomic E-state index is 0.131. The fourth-order valence-electron chi connectivity index (χ4n) is 3.62. The predicted molar refractivity (Wildman–Crippen MR) is 116 cm³/mol. The Morgan fingerprint density at radius 3 is 2.65 bits per heavy atom. The summed E-state index contributed by atoms with van der Waals surface area (Å²) in [5, 5.41) is 13.8. The molecule has 0 saturated carbocycles. The quantitative estimate of drug-likeness (QED) is 0.371. The first-order valence-electron chi connectivity index (χ1n) is 10.2. The molecule has 3 heterocycles. The molecule has 6 nitrogen and oxygen atoms in total. The smallest absolute Gasteiger partial charge is 0.191 e. The van der Waals surface area contributed by atoms with Crippen LogP contribution in [0.1, 0.15) is 18.5 Å². The summed E-state index contributed by atoms with van der Waals surface area (Å²) in [6.45, 7) is 1.44. The molecule has 8 heteroatoms. The fourth-order valence-corrected chi connectivity index (χ4v) is 4.45. The van der Waals surface area contributed by atoms with E-state index in [1.165, 1.54) is 12.1 Å². The Bertz CT molecular complexity index is 1140. The summed E-state index contributed by atoms with van der Waals surface area (Å²) in [6.07, 6.45) is 2.20. The molecule has 0 bridgehead atoms. The Kier molecular flexibility index (Phi) is 5.82. The minimum atomic E-state index is -0.274. The van der Waals surface area contributed by atoms with Gasteiger partial charge in [0.25, 0.3) is 0 Å². The van der Waals surface area contributed by atoms with E-state index in [2.05, 4.69) is 19.9 Å². The van der Waals surface area contributed by atoms with Crippen LogP contribution in [-0.4, -0.2) is 32.6 Å². The molecular weight excluding hydrogens is 415 g/mol. The summed E-state index contributed by atoms with van der Waals surface area (Å²) in [7, 11) is 0. The van der Waals surface area contributed by atoms with E-state index in [-0.39, 0.29) is 11.9 Å². The molecule has 1 fully saturated rings. The Balaban J connectivity index is 1.37. The van der Waals surface area contributed by atoms with Gasteiger partial charge in [0.15, 0.2) is 16.7 Å². The second kappa shape index (κ2) is 9.03. The first kappa shape index (κ1) is 20.0. The molecule has 4 aromatic rings. The first-order chi connectivity index (χ1) is 15.3. The van der Waals surface area contributed by atoms with Gasteiger partial charge >= 0.3 is 0 Å². The highest BCUT2D eigenvalue weighted by Crippen LogP contribution is 2.29. The van der Waals surface area contributed by atoms with Gasteiger partial charge in [0, 0.05) is 29.6 Å². The first-order valence-corrected chi connectivity index (χ1v) is 11.2. The number of benzene rings is 2. The number of hydrogen-bond acceptors (Lipinski definition) is 6. The number of thioether (sulfide) groups is 1. The van der Waals surface area contributed by atoms with E-state index < -0.39 is 0 Å². The van der Waals surface area contributed by atoms with Gasteiger partial charge in [-0.1, -0.05) is 47.3 Å². The highest BCUT2D eigenvalue weighted by Gasteiger charge is 2.22. The fraction of sp³-hybridized carbons (Fsp3) is 0.261. The second-order valence-corrected chi connectivity index (χ2v) is 8.34. The lowest BCUT2D eigenvalue weighted by Gasteiger charge is -2.14. The van der Waals surface area contributed by atoms with Crippen LogP contribution < -0.4 is 0 Å². The molecule has 1 aliphatic heterocycles. The van der Waals surface area contributed by atoms with Crippen molar-refractivity contribution >= 4 is 11.8 Å². The molecule has 1 atom stereocenters. The second-order valence-electron chi connectivity index (χ2n) is 7.40. The highest BCUT2D eigenvalue weighted by molar-refractivity contribution is 7.98. The van der Waals surface area contributed by atoms with Crippen LogP contribution in [0.3, 0.4) is 0 Å². The Labute approximate surface area is 183 Å². The van der Waals surface area contributed by atoms with E-state index in [1.807, 2.05) is 36.4 Å². The minimum Gasteiger partial charge on any atom is -0.376 e. The van der Waals surface area contributed by atoms with Crippen LogP contribution in [-0.2, 0) is 17.0 Å². The maximum atomic E-state index is 13.4. The topological polar surface area (TPSA) is 66.0 Å². The van der Waals surface area contributed by atoms with Gasteiger partial charge in [0.1, 0.15) is 5.82 Å². The Hall–Kier alpha value is -2.97. The number of rotatable bonds is 7. The van der Waals surface area contributed by atoms with Crippen LogP contribution in [0.25, 0.3) is 22.7 Å². The molecular formula is C23H21FN4O2S. The molecule has 0 aliphatic carbocycles. The van der Waals surface area contributed by atoms with Crippen LogP contribution in [0.4, 0.5) is 4.39 Å². The van der Waals surface area contributed by atoms with Gasteiger partial charge < -0.3 is 9.26 Å². The number of ether oxygens (including phenoxy) is 1. The normalized spacial score (nSPS) is 16.1. The van der Waals surface area contributed by atoms with Crippen LogP contribution in [0.5, 0.6) is 0 Å². The molecule has 0 unspecified atom stereocenters. The van der Waals surface area contributed by atoms with Crippen LogP contribution in [0.2, 0.25) is 0 Å².